The number of aliphatic hydroxyl groups is 1. The van der Waals surface area contributed by atoms with Crippen molar-refractivity contribution in [3.8, 4) is 0 Å². The summed E-state index contributed by atoms with van der Waals surface area (Å²) in [5.74, 6) is 0.385. The number of aliphatic hydroxyl groups excluding tert-OH is 1. The van der Waals surface area contributed by atoms with Gasteiger partial charge in [0.2, 0.25) is 0 Å². The van der Waals surface area contributed by atoms with Gasteiger partial charge in [-0.05, 0) is 42.0 Å². The molecule has 0 bridgehead atoms. The lowest BCUT2D eigenvalue weighted by atomic mass is 10.1. The standard InChI is InChI=1S/C16H19N5O3/c1-10-4-14-15(5-11(10)2)19(9-18-14)7-13(22)8-20-12(3)17-6-16(20)21(23)24/h4-6,9,13,22H,7-8H2,1-3H3. The molecule has 8 heteroatoms. The number of fused-ring (bicyclic) bond motifs is 1. The highest BCUT2D eigenvalue weighted by Gasteiger charge is 2.21. The van der Waals surface area contributed by atoms with Gasteiger partial charge in [-0.1, -0.05) is 0 Å². The first-order valence-electron chi connectivity index (χ1n) is 7.63. The fourth-order valence-electron chi connectivity index (χ4n) is 2.78. The lowest BCUT2D eigenvalue weighted by Crippen LogP contribution is -2.23. The third-order valence-electron chi connectivity index (χ3n) is 4.26. The van der Waals surface area contributed by atoms with E-state index in [0.29, 0.717) is 12.4 Å². The minimum absolute atomic E-state index is 0.104. The Labute approximate surface area is 138 Å². The van der Waals surface area contributed by atoms with E-state index in [1.807, 2.05) is 30.5 Å². The van der Waals surface area contributed by atoms with Gasteiger partial charge in [0.05, 0.1) is 23.9 Å². The molecule has 24 heavy (non-hydrogen) atoms. The largest absolute Gasteiger partial charge is 0.387 e. The molecule has 3 rings (SSSR count). The molecule has 2 heterocycles. The van der Waals surface area contributed by atoms with Crippen molar-refractivity contribution in [3.63, 3.8) is 0 Å². The Bertz CT molecular complexity index is 912. The number of imidazole rings is 2. The van der Waals surface area contributed by atoms with Gasteiger partial charge in [0, 0.05) is 6.92 Å². The summed E-state index contributed by atoms with van der Waals surface area (Å²) >= 11 is 0. The van der Waals surface area contributed by atoms with Crippen LogP contribution in [-0.2, 0) is 13.1 Å². The zero-order chi connectivity index (χ0) is 17.4. The Balaban J connectivity index is 1.83. The van der Waals surface area contributed by atoms with Gasteiger partial charge < -0.3 is 19.8 Å². The summed E-state index contributed by atoms with van der Waals surface area (Å²) in [6, 6.07) is 4.05. The number of hydrogen-bond donors (Lipinski definition) is 1. The highest BCUT2D eigenvalue weighted by atomic mass is 16.6. The van der Waals surface area contributed by atoms with Crippen LogP contribution in [0.25, 0.3) is 11.0 Å². The Morgan fingerprint density at radius 3 is 2.62 bits per heavy atom. The number of benzene rings is 1. The van der Waals surface area contributed by atoms with Gasteiger partial charge >= 0.3 is 5.82 Å². The maximum Gasteiger partial charge on any atom is 0.342 e. The van der Waals surface area contributed by atoms with Crippen LogP contribution >= 0.6 is 0 Å². The molecular weight excluding hydrogens is 310 g/mol. The summed E-state index contributed by atoms with van der Waals surface area (Å²) in [5, 5.41) is 21.4. The van der Waals surface area contributed by atoms with E-state index in [9.17, 15) is 15.2 Å². The quantitative estimate of drug-likeness (QED) is 0.571. The van der Waals surface area contributed by atoms with Crippen molar-refractivity contribution < 1.29 is 10.0 Å². The molecule has 2 aromatic heterocycles. The summed E-state index contributed by atoms with van der Waals surface area (Å²) < 4.78 is 3.28. The zero-order valence-corrected chi connectivity index (χ0v) is 13.8. The van der Waals surface area contributed by atoms with Gasteiger partial charge in [-0.3, -0.25) is 0 Å². The summed E-state index contributed by atoms with van der Waals surface area (Å²) in [4.78, 5) is 18.8. The Morgan fingerprint density at radius 1 is 1.21 bits per heavy atom. The van der Waals surface area contributed by atoms with Gasteiger partial charge in [-0.15, -0.1) is 0 Å². The molecule has 0 fully saturated rings. The maximum absolute atomic E-state index is 11.0. The van der Waals surface area contributed by atoms with E-state index in [4.69, 9.17) is 0 Å². The smallest absolute Gasteiger partial charge is 0.342 e. The number of aromatic nitrogens is 4. The number of nitro groups is 1. The van der Waals surface area contributed by atoms with Crippen molar-refractivity contribution in [1.29, 1.82) is 0 Å². The maximum atomic E-state index is 11.0. The molecule has 1 unspecified atom stereocenters. The second kappa shape index (κ2) is 6.04. The predicted molar refractivity (Wildman–Crippen MR) is 88.8 cm³/mol. The van der Waals surface area contributed by atoms with E-state index in [0.717, 1.165) is 22.2 Å². The summed E-state index contributed by atoms with van der Waals surface area (Å²) in [7, 11) is 0. The van der Waals surface area contributed by atoms with Crippen molar-refractivity contribution in [2.24, 2.45) is 0 Å². The monoisotopic (exact) mass is 329 g/mol. The van der Waals surface area contributed by atoms with Crippen LogP contribution in [0.5, 0.6) is 0 Å². The molecule has 0 saturated heterocycles. The average molecular weight is 329 g/mol. The van der Waals surface area contributed by atoms with Crippen LogP contribution in [0, 0.1) is 30.9 Å². The molecule has 0 saturated carbocycles. The Kier molecular flexibility index (Phi) is 4.06. The highest BCUT2D eigenvalue weighted by Crippen LogP contribution is 2.20. The third kappa shape index (κ3) is 2.88. The van der Waals surface area contributed by atoms with Crippen molar-refractivity contribution in [2.45, 2.75) is 40.0 Å². The van der Waals surface area contributed by atoms with Crippen LogP contribution in [0.4, 0.5) is 5.82 Å². The van der Waals surface area contributed by atoms with E-state index < -0.39 is 11.0 Å². The first-order chi connectivity index (χ1) is 11.4. The van der Waals surface area contributed by atoms with Crippen molar-refractivity contribution in [2.75, 3.05) is 0 Å². The molecule has 0 spiro atoms. The van der Waals surface area contributed by atoms with Gasteiger partial charge in [-0.25, -0.2) is 14.5 Å². The Morgan fingerprint density at radius 2 is 1.92 bits per heavy atom. The van der Waals surface area contributed by atoms with Gasteiger partial charge in [0.25, 0.3) is 0 Å². The first-order valence-corrected chi connectivity index (χ1v) is 7.63. The highest BCUT2D eigenvalue weighted by molar-refractivity contribution is 5.77. The molecule has 0 aliphatic rings. The van der Waals surface area contributed by atoms with Gasteiger partial charge in [-0.2, -0.15) is 0 Å². The minimum Gasteiger partial charge on any atom is -0.387 e. The molecule has 0 amide bonds. The molecule has 0 aliphatic carbocycles. The van der Waals surface area contributed by atoms with E-state index in [1.165, 1.54) is 10.8 Å². The second-order valence-corrected chi connectivity index (χ2v) is 6.01. The fraction of sp³-hybridized carbons (Fsp3) is 0.375. The summed E-state index contributed by atoms with van der Waals surface area (Å²) in [6.07, 6.45) is 2.10. The number of rotatable bonds is 5. The van der Waals surface area contributed by atoms with Crippen LogP contribution in [-0.4, -0.2) is 35.2 Å². The molecule has 8 nitrogen and oxygen atoms in total. The van der Waals surface area contributed by atoms with Crippen LogP contribution in [0.3, 0.4) is 0 Å². The van der Waals surface area contributed by atoms with E-state index in [1.54, 1.807) is 13.3 Å². The minimum atomic E-state index is -0.796. The lowest BCUT2D eigenvalue weighted by molar-refractivity contribution is -0.392. The number of aryl methyl sites for hydroxylation is 3. The van der Waals surface area contributed by atoms with E-state index in [-0.39, 0.29) is 12.4 Å². The van der Waals surface area contributed by atoms with E-state index in [2.05, 4.69) is 9.97 Å². The molecule has 126 valence electrons. The fourth-order valence-corrected chi connectivity index (χ4v) is 2.78. The molecule has 0 aliphatic heterocycles. The molecular formula is C16H19N5O3. The lowest BCUT2D eigenvalue weighted by Gasteiger charge is -2.12. The number of nitrogens with zero attached hydrogens (tertiary/aromatic N) is 5. The van der Waals surface area contributed by atoms with Gasteiger partial charge in [0.1, 0.15) is 18.8 Å². The normalized spacial score (nSPS) is 12.7. The molecule has 0 radical (unpaired) electrons. The van der Waals surface area contributed by atoms with Crippen LogP contribution in [0.1, 0.15) is 17.0 Å². The van der Waals surface area contributed by atoms with Crippen molar-refractivity contribution in [3.05, 3.63) is 51.7 Å². The average Bonchev–Trinajstić information content (AvgIpc) is 3.05. The molecule has 1 aromatic carbocycles. The SMILES string of the molecule is Cc1cc2ncn(CC(O)Cn3c([N+](=O)[O-])cnc3C)c2cc1C. The second-order valence-electron chi connectivity index (χ2n) is 6.01. The van der Waals surface area contributed by atoms with Crippen molar-refractivity contribution in [1.82, 2.24) is 19.1 Å². The first kappa shape index (κ1) is 16.1. The van der Waals surface area contributed by atoms with Crippen LogP contribution in [0.15, 0.2) is 24.7 Å². The van der Waals surface area contributed by atoms with Crippen LogP contribution < -0.4 is 0 Å². The Hall–Kier alpha value is -2.74. The summed E-state index contributed by atoms with van der Waals surface area (Å²) in [5.41, 5.74) is 4.13. The topological polar surface area (TPSA) is 99.0 Å². The predicted octanol–water partition coefficient (Wildman–Crippen LogP) is 2.13. The third-order valence-corrected chi connectivity index (χ3v) is 4.26. The molecule has 1 atom stereocenters. The molecule has 3 aromatic rings. The van der Waals surface area contributed by atoms with Crippen LogP contribution in [0.2, 0.25) is 0 Å². The van der Waals surface area contributed by atoms with Crippen molar-refractivity contribution >= 4 is 16.9 Å². The summed E-state index contributed by atoms with van der Waals surface area (Å²) in [6.45, 7) is 6.14. The molecule has 1 N–H and O–H groups in total. The van der Waals surface area contributed by atoms with E-state index >= 15 is 0 Å². The van der Waals surface area contributed by atoms with Gasteiger partial charge in [0.15, 0.2) is 5.82 Å². The number of hydrogen-bond acceptors (Lipinski definition) is 5. The zero-order valence-electron chi connectivity index (χ0n) is 13.8.